The summed E-state index contributed by atoms with van der Waals surface area (Å²) in [7, 11) is 0. The molecule has 26 heavy (non-hydrogen) atoms. The lowest BCUT2D eigenvalue weighted by molar-refractivity contribution is -0.0588. The van der Waals surface area contributed by atoms with E-state index in [1.54, 1.807) is 24.3 Å². The molecule has 1 aliphatic rings. The predicted octanol–water partition coefficient (Wildman–Crippen LogP) is 3.12. The largest absolute Gasteiger partial charge is 0.382 e. The van der Waals surface area contributed by atoms with E-state index < -0.39 is 17.8 Å². The second kappa shape index (κ2) is 6.25. The van der Waals surface area contributed by atoms with Gasteiger partial charge in [-0.05, 0) is 35.4 Å². The molecule has 0 radical (unpaired) electrons. The Morgan fingerprint density at radius 1 is 0.808 bits per heavy atom. The van der Waals surface area contributed by atoms with Gasteiger partial charge < -0.3 is 4.84 Å². The minimum Gasteiger partial charge on any atom is -0.323 e. The lowest BCUT2D eigenvalue weighted by Gasteiger charge is -2.12. The summed E-state index contributed by atoms with van der Waals surface area (Å²) in [6.07, 6.45) is 1.47. The van der Waals surface area contributed by atoms with E-state index in [0.29, 0.717) is 5.06 Å². The number of hydrogen-bond donors (Lipinski definition) is 0. The SMILES string of the molecule is O=C(ON1C(=O)c2ccccc2C1=O)c1cc(-c2ccccc2)ccn1. The predicted molar refractivity (Wildman–Crippen MR) is 92.0 cm³/mol. The van der Waals surface area contributed by atoms with Gasteiger partial charge in [0.2, 0.25) is 0 Å². The zero-order chi connectivity index (χ0) is 18.1. The van der Waals surface area contributed by atoms with Gasteiger partial charge >= 0.3 is 5.97 Å². The fourth-order valence-electron chi connectivity index (χ4n) is 2.73. The number of nitrogens with zero attached hydrogens (tertiary/aromatic N) is 2. The first-order valence-corrected chi connectivity index (χ1v) is 7.87. The Hall–Kier alpha value is -3.80. The maximum Gasteiger partial charge on any atom is 0.382 e. The van der Waals surface area contributed by atoms with Crippen LogP contribution in [0, 0.1) is 0 Å². The minimum absolute atomic E-state index is 0.00269. The molecule has 0 unspecified atom stereocenters. The maximum atomic E-state index is 12.4. The molecule has 1 aromatic heterocycles. The van der Waals surface area contributed by atoms with Gasteiger partial charge in [-0.3, -0.25) is 9.59 Å². The van der Waals surface area contributed by atoms with E-state index in [-0.39, 0.29) is 16.8 Å². The van der Waals surface area contributed by atoms with E-state index in [1.165, 1.54) is 18.3 Å². The third-order valence-corrected chi connectivity index (χ3v) is 4.01. The van der Waals surface area contributed by atoms with Crippen molar-refractivity contribution in [2.75, 3.05) is 0 Å². The first-order chi connectivity index (χ1) is 12.6. The van der Waals surface area contributed by atoms with Crippen molar-refractivity contribution in [1.29, 1.82) is 0 Å². The van der Waals surface area contributed by atoms with Crippen molar-refractivity contribution in [2.24, 2.45) is 0 Å². The second-order valence-corrected chi connectivity index (χ2v) is 5.62. The molecule has 3 aromatic rings. The molecule has 0 saturated heterocycles. The van der Waals surface area contributed by atoms with Gasteiger partial charge in [-0.25, -0.2) is 9.78 Å². The number of hydroxylamine groups is 2. The van der Waals surface area contributed by atoms with Crippen molar-refractivity contribution >= 4 is 17.8 Å². The third kappa shape index (κ3) is 2.63. The summed E-state index contributed by atoms with van der Waals surface area (Å²) >= 11 is 0. The molecule has 126 valence electrons. The van der Waals surface area contributed by atoms with E-state index in [2.05, 4.69) is 4.98 Å². The van der Waals surface area contributed by atoms with Crippen molar-refractivity contribution < 1.29 is 19.2 Å². The van der Waals surface area contributed by atoms with E-state index in [1.807, 2.05) is 30.3 Å². The molecular weight excluding hydrogens is 332 g/mol. The van der Waals surface area contributed by atoms with Crippen LogP contribution in [0.1, 0.15) is 31.2 Å². The molecule has 2 aromatic carbocycles. The normalized spacial score (nSPS) is 12.8. The zero-order valence-electron chi connectivity index (χ0n) is 13.5. The van der Waals surface area contributed by atoms with Crippen LogP contribution in [-0.4, -0.2) is 27.8 Å². The number of aromatic nitrogens is 1. The molecule has 1 aliphatic heterocycles. The lowest BCUT2D eigenvalue weighted by atomic mass is 10.1. The van der Waals surface area contributed by atoms with Crippen molar-refractivity contribution in [1.82, 2.24) is 10.0 Å². The van der Waals surface area contributed by atoms with Gasteiger partial charge in [0.15, 0.2) is 5.69 Å². The minimum atomic E-state index is -0.878. The van der Waals surface area contributed by atoms with Crippen molar-refractivity contribution in [3.8, 4) is 11.1 Å². The fraction of sp³-hybridized carbons (Fsp3) is 0. The molecule has 2 amide bonds. The van der Waals surface area contributed by atoms with Crippen LogP contribution in [-0.2, 0) is 4.84 Å². The summed E-state index contributed by atoms with van der Waals surface area (Å²) < 4.78 is 0. The van der Waals surface area contributed by atoms with Crippen LogP contribution in [0.3, 0.4) is 0 Å². The molecule has 0 fully saturated rings. The summed E-state index contributed by atoms with van der Waals surface area (Å²) in [4.78, 5) is 45.9. The molecule has 0 atom stereocenters. The molecule has 6 nitrogen and oxygen atoms in total. The van der Waals surface area contributed by atoms with Gasteiger partial charge in [-0.2, -0.15) is 0 Å². The van der Waals surface area contributed by atoms with Crippen LogP contribution in [0.2, 0.25) is 0 Å². The van der Waals surface area contributed by atoms with E-state index in [9.17, 15) is 14.4 Å². The Labute approximate surface area is 148 Å². The Morgan fingerprint density at radius 2 is 1.42 bits per heavy atom. The van der Waals surface area contributed by atoms with Crippen molar-refractivity contribution in [3.05, 3.63) is 89.7 Å². The average molecular weight is 344 g/mol. The number of benzene rings is 2. The summed E-state index contributed by atoms with van der Waals surface area (Å²) in [5.41, 5.74) is 2.09. The van der Waals surface area contributed by atoms with Crippen molar-refractivity contribution in [2.45, 2.75) is 0 Å². The number of pyridine rings is 1. The molecule has 0 aliphatic carbocycles. The average Bonchev–Trinajstić information content (AvgIpc) is 2.94. The summed E-state index contributed by atoms with van der Waals surface area (Å²) in [6, 6.07) is 19.1. The number of amides is 2. The maximum absolute atomic E-state index is 12.4. The highest BCUT2D eigenvalue weighted by Gasteiger charge is 2.38. The number of carbonyl (C=O) groups is 3. The molecule has 0 bridgehead atoms. The summed E-state index contributed by atoms with van der Waals surface area (Å²) in [5, 5.41) is 0.476. The van der Waals surface area contributed by atoms with Gasteiger partial charge in [0, 0.05) is 6.20 Å². The van der Waals surface area contributed by atoms with E-state index in [4.69, 9.17) is 4.84 Å². The van der Waals surface area contributed by atoms with Gasteiger partial charge in [0.1, 0.15) is 0 Å². The van der Waals surface area contributed by atoms with Gasteiger partial charge in [-0.15, -0.1) is 0 Å². The highest BCUT2D eigenvalue weighted by molar-refractivity contribution is 6.21. The molecule has 6 heteroatoms. The van der Waals surface area contributed by atoms with Crippen molar-refractivity contribution in [3.63, 3.8) is 0 Å². The van der Waals surface area contributed by atoms with Crippen LogP contribution in [0.5, 0.6) is 0 Å². The van der Waals surface area contributed by atoms with E-state index >= 15 is 0 Å². The van der Waals surface area contributed by atoms with Crippen LogP contribution < -0.4 is 0 Å². The Morgan fingerprint density at radius 3 is 2.08 bits per heavy atom. The van der Waals surface area contributed by atoms with Crippen LogP contribution in [0.4, 0.5) is 0 Å². The van der Waals surface area contributed by atoms with Gasteiger partial charge in [-0.1, -0.05) is 47.5 Å². The molecule has 0 saturated carbocycles. The molecule has 0 N–H and O–H groups in total. The van der Waals surface area contributed by atoms with E-state index in [0.717, 1.165) is 11.1 Å². The monoisotopic (exact) mass is 344 g/mol. The standard InChI is InChI=1S/C20H12N2O4/c23-18-15-8-4-5-9-16(15)19(24)22(18)26-20(25)17-12-14(10-11-21-17)13-6-2-1-3-7-13/h1-12H. The number of carbonyl (C=O) groups excluding carboxylic acids is 3. The molecule has 2 heterocycles. The van der Waals surface area contributed by atoms with Crippen LogP contribution in [0.25, 0.3) is 11.1 Å². The highest BCUT2D eigenvalue weighted by Crippen LogP contribution is 2.24. The zero-order valence-corrected chi connectivity index (χ0v) is 13.5. The van der Waals surface area contributed by atoms with Gasteiger partial charge in [0.05, 0.1) is 11.1 Å². The second-order valence-electron chi connectivity index (χ2n) is 5.62. The third-order valence-electron chi connectivity index (χ3n) is 4.01. The Balaban J connectivity index is 1.58. The number of imide groups is 1. The Kier molecular flexibility index (Phi) is 3.78. The molecular formula is C20H12N2O4. The summed E-state index contributed by atoms with van der Waals surface area (Å²) in [6.45, 7) is 0. The number of rotatable bonds is 3. The lowest BCUT2D eigenvalue weighted by Crippen LogP contribution is -2.32. The fourth-order valence-corrected chi connectivity index (χ4v) is 2.73. The van der Waals surface area contributed by atoms with Crippen LogP contribution >= 0.6 is 0 Å². The molecule has 0 spiro atoms. The Bertz CT molecular complexity index is 996. The molecule has 4 rings (SSSR count). The highest BCUT2D eigenvalue weighted by atomic mass is 16.7. The van der Waals surface area contributed by atoms with Gasteiger partial charge in [0.25, 0.3) is 11.8 Å². The smallest absolute Gasteiger partial charge is 0.323 e. The number of fused-ring (bicyclic) bond motifs is 1. The first kappa shape index (κ1) is 15.7. The summed E-state index contributed by atoms with van der Waals surface area (Å²) in [5.74, 6) is -2.21. The van der Waals surface area contributed by atoms with Crippen LogP contribution in [0.15, 0.2) is 72.9 Å². The number of hydrogen-bond acceptors (Lipinski definition) is 5. The first-order valence-electron chi connectivity index (χ1n) is 7.87. The topological polar surface area (TPSA) is 76.6 Å². The quantitative estimate of drug-likeness (QED) is 0.682.